The highest BCUT2D eigenvalue weighted by atomic mass is 16.4. The van der Waals surface area contributed by atoms with E-state index in [0.717, 1.165) is 6.42 Å². The summed E-state index contributed by atoms with van der Waals surface area (Å²) in [5, 5.41) is 12.2. The maximum atomic E-state index is 11.0. The summed E-state index contributed by atoms with van der Waals surface area (Å²) in [6.07, 6.45) is 4.04. The van der Waals surface area contributed by atoms with Crippen molar-refractivity contribution in [3.8, 4) is 0 Å². The number of rotatable bonds is 5. The van der Waals surface area contributed by atoms with Gasteiger partial charge < -0.3 is 10.4 Å². The third kappa shape index (κ3) is 3.53. The lowest BCUT2D eigenvalue weighted by Gasteiger charge is -2.18. The number of hydrogen-bond acceptors (Lipinski definition) is 3. The van der Waals surface area contributed by atoms with Crippen molar-refractivity contribution in [2.75, 3.05) is 5.32 Å². The van der Waals surface area contributed by atoms with Crippen molar-refractivity contribution in [3.05, 3.63) is 24.0 Å². The smallest absolute Gasteiger partial charge is 0.337 e. The van der Waals surface area contributed by atoms with E-state index < -0.39 is 5.97 Å². The van der Waals surface area contributed by atoms with Crippen LogP contribution in [0.1, 0.15) is 37.6 Å². The van der Waals surface area contributed by atoms with E-state index in [1.54, 1.807) is 6.20 Å². The molecule has 1 aromatic rings. The van der Waals surface area contributed by atoms with Crippen LogP contribution in [0.4, 0.5) is 5.69 Å². The summed E-state index contributed by atoms with van der Waals surface area (Å²) in [5.41, 5.74) is 0.855. The molecule has 0 radical (unpaired) electrons. The van der Waals surface area contributed by atoms with Crippen molar-refractivity contribution < 1.29 is 9.90 Å². The summed E-state index contributed by atoms with van der Waals surface area (Å²) < 4.78 is 0. The zero-order valence-corrected chi connectivity index (χ0v) is 9.90. The molecule has 0 bridgehead atoms. The summed E-state index contributed by atoms with van der Waals surface area (Å²) >= 11 is 0. The number of aromatic carboxylic acids is 1. The second kappa shape index (κ2) is 5.49. The lowest BCUT2D eigenvalue weighted by atomic mass is 10.0. The Kier molecular flexibility index (Phi) is 4.28. The van der Waals surface area contributed by atoms with E-state index in [4.69, 9.17) is 5.11 Å². The number of nitrogens with one attached hydrogen (secondary N) is 1. The van der Waals surface area contributed by atoms with Crippen LogP contribution in [0.3, 0.4) is 0 Å². The van der Waals surface area contributed by atoms with Gasteiger partial charge in [0.25, 0.3) is 0 Å². The number of pyridine rings is 1. The lowest BCUT2D eigenvalue weighted by molar-refractivity contribution is 0.0698. The molecule has 4 heteroatoms. The normalized spacial score (nSPS) is 12.5. The summed E-state index contributed by atoms with van der Waals surface area (Å²) in [5.74, 6) is -0.353. The monoisotopic (exact) mass is 222 g/mol. The van der Waals surface area contributed by atoms with Gasteiger partial charge in [0, 0.05) is 12.2 Å². The van der Waals surface area contributed by atoms with Gasteiger partial charge in [0.05, 0.1) is 17.4 Å². The Morgan fingerprint density at radius 1 is 1.50 bits per heavy atom. The van der Waals surface area contributed by atoms with E-state index in [2.05, 4.69) is 24.1 Å². The average Bonchev–Trinajstić information content (AvgIpc) is 2.16. The predicted molar refractivity (Wildman–Crippen MR) is 63.7 cm³/mol. The van der Waals surface area contributed by atoms with Crippen molar-refractivity contribution >= 4 is 11.7 Å². The highest BCUT2D eigenvalue weighted by Gasteiger charge is 2.12. The van der Waals surface area contributed by atoms with E-state index in [1.807, 2.05) is 6.92 Å². The predicted octanol–water partition coefficient (Wildman–Crippen LogP) is 2.63. The molecule has 16 heavy (non-hydrogen) atoms. The maximum Gasteiger partial charge on any atom is 0.337 e. The molecule has 1 unspecified atom stereocenters. The second-order valence-corrected chi connectivity index (χ2v) is 4.40. The second-order valence-electron chi connectivity index (χ2n) is 4.40. The molecule has 0 aliphatic rings. The fourth-order valence-electron chi connectivity index (χ4n) is 1.73. The molecule has 0 aliphatic heterocycles. The first-order valence-corrected chi connectivity index (χ1v) is 5.44. The van der Waals surface area contributed by atoms with Crippen LogP contribution < -0.4 is 5.32 Å². The molecule has 0 aliphatic carbocycles. The molecule has 1 heterocycles. The van der Waals surface area contributed by atoms with Crippen molar-refractivity contribution in [1.29, 1.82) is 0 Å². The molecule has 88 valence electrons. The molecule has 1 aromatic heterocycles. The minimum Gasteiger partial charge on any atom is -0.478 e. The van der Waals surface area contributed by atoms with E-state index in [0.29, 0.717) is 11.6 Å². The summed E-state index contributed by atoms with van der Waals surface area (Å²) in [6, 6.07) is 1.74. The maximum absolute atomic E-state index is 11.0. The van der Waals surface area contributed by atoms with Crippen molar-refractivity contribution in [3.63, 3.8) is 0 Å². The highest BCUT2D eigenvalue weighted by molar-refractivity contribution is 5.93. The van der Waals surface area contributed by atoms with Crippen LogP contribution in [0.15, 0.2) is 18.5 Å². The van der Waals surface area contributed by atoms with Gasteiger partial charge in [-0.05, 0) is 25.3 Å². The quantitative estimate of drug-likeness (QED) is 0.804. The summed E-state index contributed by atoms with van der Waals surface area (Å²) in [4.78, 5) is 14.9. The van der Waals surface area contributed by atoms with E-state index >= 15 is 0 Å². The van der Waals surface area contributed by atoms with Gasteiger partial charge in [-0.2, -0.15) is 0 Å². The van der Waals surface area contributed by atoms with Gasteiger partial charge in [-0.15, -0.1) is 0 Å². The van der Waals surface area contributed by atoms with Crippen LogP contribution in [0.25, 0.3) is 0 Å². The molecule has 1 atom stereocenters. The van der Waals surface area contributed by atoms with Crippen molar-refractivity contribution in [1.82, 2.24) is 4.98 Å². The number of carboxylic acid groups (broad SMARTS) is 1. The lowest BCUT2D eigenvalue weighted by Crippen LogP contribution is -2.19. The van der Waals surface area contributed by atoms with Crippen LogP contribution in [0.5, 0.6) is 0 Å². The molecular formula is C12H18N2O2. The molecule has 0 saturated heterocycles. The van der Waals surface area contributed by atoms with Gasteiger partial charge in [-0.25, -0.2) is 4.79 Å². The molecule has 0 aromatic carbocycles. The van der Waals surface area contributed by atoms with Crippen LogP contribution >= 0.6 is 0 Å². The number of carboxylic acids is 1. The number of nitrogens with zero attached hydrogens (tertiary/aromatic N) is 1. The van der Waals surface area contributed by atoms with Crippen LogP contribution in [-0.4, -0.2) is 22.1 Å². The standard InChI is InChI=1S/C12H18N2O2/c1-8(2)6-9(3)14-11-7-13-5-4-10(11)12(15)16/h4-5,7-9,14H,6H2,1-3H3,(H,15,16). The van der Waals surface area contributed by atoms with Crippen LogP contribution in [0, 0.1) is 5.92 Å². The Morgan fingerprint density at radius 2 is 2.19 bits per heavy atom. The third-order valence-electron chi connectivity index (χ3n) is 2.28. The SMILES string of the molecule is CC(C)CC(C)Nc1cnccc1C(=O)O. The Labute approximate surface area is 95.7 Å². The fourth-order valence-corrected chi connectivity index (χ4v) is 1.73. The van der Waals surface area contributed by atoms with Gasteiger partial charge >= 0.3 is 5.97 Å². The van der Waals surface area contributed by atoms with E-state index in [-0.39, 0.29) is 11.6 Å². The fraction of sp³-hybridized carbons (Fsp3) is 0.500. The number of hydrogen-bond donors (Lipinski definition) is 2. The Morgan fingerprint density at radius 3 is 2.75 bits per heavy atom. The van der Waals surface area contributed by atoms with Gasteiger partial charge in [0.15, 0.2) is 0 Å². The molecule has 1 rings (SSSR count). The Hall–Kier alpha value is -1.58. The van der Waals surface area contributed by atoms with Crippen LogP contribution in [-0.2, 0) is 0 Å². The van der Waals surface area contributed by atoms with Gasteiger partial charge in [-0.1, -0.05) is 13.8 Å². The summed E-state index contributed by atoms with van der Waals surface area (Å²) in [6.45, 7) is 6.32. The highest BCUT2D eigenvalue weighted by Crippen LogP contribution is 2.16. The van der Waals surface area contributed by atoms with Gasteiger partial charge in [0.2, 0.25) is 0 Å². The zero-order valence-electron chi connectivity index (χ0n) is 9.90. The van der Waals surface area contributed by atoms with Crippen LogP contribution in [0.2, 0.25) is 0 Å². The third-order valence-corrected chi connectivity index (χ3v) is 2.28. The first-order chi connectivity index (χ1) is 7.50. The molecule has 4 nitrogen and oxygen atoms in total. The zero-order chi connectivity index (χ0) is 12.1. The summed E-state index contributed by atoms with van der Waals surface area (Å²) in [7, 11) is 0. The van der Waals surface area contributed by atoms with Gasteiger partial charge in [-0.3, -0.25) is 4.98 Å². The first kappa shape index (κ1) is 12.5. The molecule has 0 saturated carbocycles. The van der Waals surface area contributed by atoms with E-state index in [9.17, 15) is 4.79 Å². The van der Waals surface area contributed by atoms with Crippen molar-refractivity contribution in [2.24, 2.45) is 5.92 Å². The van der Waals surface area contributed by atoms with Crippen molar-refractivity contribution in [2.45, 2.75) is 33.2 Å². The molecule has 0 fully saturated rings. The minimum absolute atomic E-state index is 0.238. The molecule has 2 N–H and O–H groups in total. The molecule has 0 amide bonds. The number of aromatic nitrogens is 1. The Balaban J connectivity index is 2.76. The van der Waals surface area contributed by atoms with E-state index in [1.165, 1.54) is 12.3 Å². The minimum atomic E-state index is -0.929. The van der Waals surface area contributed by atoms with Gasteiger partial charge in [0.1, 0.15) is 0 Å². The topological polar surface area (TPSA) is 62.2 Å². The number of anilines is 1. The average molecular weight is 222 g/mol. The largest absolute Gasteiger partial charge is 0.478 e. The number of carbonyl (C=O) groups is 1. The molecule has 0 spiro atoms. The molecular weight excluding hydrogens is 204 g/mol. The Bertz CT molecular complexity index is 364. The first-order valence-electron chi connectivity index (χ1n) is 5.44.